The summed E-state index contributed by atoms with van der Waals surface area (Å²) in [6, 6.07) is 4.55. The number of phenols is 1. The second-order valence-corrected chi connectivity index (χ2v) is 4.78. The van der Waals surface area contributed by atoms with E-state index in [1.807, 2.05) is 13.8 Å². The minimum Gasteiger partial charge on any atom is -0.508 e. The molecule has 102 valence electrons. The van der Waals surface area contributed by atoms with Crippen LogP contribution in [0.25, 0.3) is 11.5 Å². The molecule has 0 aliphatic rings. The van der Waals surface area contributed by atoms with Gasteiger partial charge in [-0.25, -0.2) is 0 Å². The van der Waals surface area contributed by atoms with Gasteiger partial charge in [0, 0.05) is 7.11 Å². The fourth-order valence-electron chi connectivity index (χ4n) is 1.62. The molecule has 19 heavy (non-hydrogen) atoms. The Morgan fingerprint density at radius 1 is 1.47 bits per heavy atom. The summed E-state index contributed by atoms with van der Waals surface area (Å²) in [6.07, 6.45) is 0.705. The Labute approximate surface area is 116 Å². The number of rotatable bonds is 4. The molecule has 1 unspecified atom stereocenters. The molecule has 0 spiro atoms. The van der Waals surface area contributed by atoms with Gasteiger partial charge in [0.2, 0.25) is 5.82 Å². The van der Waals surface area contributed by atoms with Gasteiger partial charge in [-0.2, -0.15) is 4.98 Å². The standard InChI is InChI=1S/C13H15ClN2O3/c1-4-13(2,18-3)12-15-11(19-16-12)9-7-8(17)5-6-10(9)14/h5-7,17H,4H2,1-3H3. The van der Waals surface area contributed by atoms with E-state index in [0.29, 0.717) is 22.8 Å². The highest BCUT2D eigenvalue weighted by Crippen LogP contribution is 2.32. The molecule has 0 saturated heterocycles. The van der Waals surface area contributed by atoms with Gasteiger partial charge in [-0.3, -0.25) is 0 Å². The molecule has 0 aliphatic carbocycles. The fraction of sp³-hybridized carbons (Fsp3) is 0.385. The van der Waals surface area contributed by atoms with Gasteiger partial charge < -0.3 is 14.4 Å². The summed E-state index contributed by atoms with van der Waals surface area (Å²) in [5.41, 5.74) is -0.111. The second kappa shape index (κ2) is 5.19. The minimum atomic E-state index is -0.606. The molecule has 0 fully saturated rings. The van der Waals surface area contributed by atoms with Crippen LogP contribution < -0.4 is 0 Å². The number of nitrogens with zero attached hydrogens (tertiary/aromatic N) is 2. The van der Waals surface area contributed by atoms with Crippen molar-refractivity contribution >= 4 is 11.6 Å². The number of ether oxygens (including phenoxy) is 1. The van der Waals surface area contributed by atoms with E-state index in [1.165, 1.54) is 12.1 Å². The van der Waals surface area contributed by atoms with Crippen LogP contribution in [-0.4, -0.2) is 22.4 Å². The molecule has 1 heterocycles. The first kappa shape index (κ1) is 13.8. The van der Waals surface area contributed by atoms with Gasteiger partial charge in [0.05, 0.1) is 10.6 Å². The van der Waals surface area contributed by atoms with Crippen LogP contribution in [0.5, 0.6) is 5.75 Å². The van der Waals surface area contributed by atoms with Crippen molar-refractivity contribution in [3.8, 4) is 17.2 Å². The van der Waals surface area contributed by atoms with Gasteiger partial charge in [0.25, 0.3) is 5.89 Å². The predicted octanol–water partition coefficient (Wildman–Crippen LogP) is 3.37. The molecule has 2 aromatic rings. The van der Waals surface area contributed by atoms with Crippen LogP contribution in [0.4, 0.5) is 0 Å². The monoisotopic (exact) mass is 282 g/mol. The topological polar surface area (TPSA) is 68.4 Å². The summed E-state index contributed by atoms with van der Waals surface area (Å²) in [6.45, 7) is 3.85. The van der Waals surface area contributed by atoms with Crippen LogP contribution in [-0.2, 0) is 10.3 Å². The lowest BCUT2D eigenvalue weighted by Crippen LogP contribution is -2.24. The molecule has 1 aromatic heterocycles. The van der Waals surface area contributed by atoms with Crippen LogP contribution in [0.1, 0.15) is 26.1 Å². The molecule has 1 N–H and O–H groups in total. The molecular weight excluding hydrogens is 268 g/mol. The Hall–Kier alpha value is -1.59. The Balaban J connectivity index is 2.44. The summed E-state index contributed by atoms with van der Waals surface area (Å²) < 4.78 is 10.6. The Bertz CT molecular complexity index is 579. The highest BCUT2D eigenvalue weighted by Gasteiger charge is 2.30. The van der Waals surface area contributed by atoms with Crippen LogP contribution in [0.3, 0.4) is 0 Å². The van der Waals surface area contributed by atoms with Gasteiger partial charge in [0.1, 0.15) is 11.4 Å². The van der Waals surface area contributed by atoms with E-state index in [0.717, 1.165) is 0 Å². The molecule has 0 bridgehead atoms. The summed E-state index contributed by atoms with van der Waals surface area (Å²) in [5.74, 6) is 0.795. The molecule has 6 heteroatoms. The minimum absolute atomic E-state index is 0.0872. The first-order valence-corrected chi connectivity index (χ1v) is 6.26. The number of hydrogen-bond donors (Lipinski definition) is 1. The van der Waals surface area contributed by atoms with Crippen LogP contribution in [0.15, 0.2) is 22.7 Å². The molecule has 0 radical (unpaired) electrons. The van der Waals surface area contributed by atoms with Crippen LogP contribution in [0, 0.1) is 0 Å². The van der Waals surface area contributed by atoms with Gasteiger partial charge >= 0.3 is 0 Å². The largest absolute Gasteiger partial charge is 0.508 e. The van der Waals surface area contributed by atoms with Gasteiger partial charge in [-0.05, 0) is 31.5 Å². The number of hydrogen-bond acceptors (Lipinski definition) is 5. The highest BCUT2D eigenvalue weighted by atomic mass is 35.5. The van der Waals surface area contributed by atoms with Crippen molar-refractivity contribution in [2.45, 2.75) is 25.9 Å². The van der Waals surface area contributed by atoms with Gasteiger partial charge in [-0.1, -0.05) is 23.7 Å². The van der Waals surface area contributed by atoms with E-state index in [9.17, 15) is 5.11 Å². The zero-order chi connectivity index (χ0) is 14.0. The van der Waals surface area contributed by atoms with Gasteiger partial charge in [-0.15, -0.1) is 0 Å². The number of methoxy groups -OCH3 is 1. The number of phenolic OH excluding ortho intramolecular Hbond substituents is 1. The van der Waals surface area contributed by atoms with E-state index in [-0.39, 0.29) is 11.6 Å². The summed E-state index contributed by atoms with van der Waals surface area (Å²) >= 11 is 6.05. The summed E-state index contributed by atoms with van der Waals surface area (Å²) in [5, 5.41) is 13.8. The molecule has 2 rings (SSSR count). The van der Waals surface area contributed by atoms with Crippen molar-refractivity contribution in [2.24, 2.45) is 0 Å². The lowest BCUT2D eigenvalue weighted by atomic mass is 10.0. The molecule has 0 amide bonds. The maximum absolute atomic E-state index is 9.48. The van der Waals surface area contributed by atoms with Crippen molar-refractivity contribution in [3.63, 3.8) is 0 Å². The molecule has 0 aliphatic heterocycles. The number of aromatic nitrogens is 2. The summed E-state index contributed by atoms with van der Waals surface area (Å²) in [7, 11) is 1.60. The number of benzene rings is 1. The van der Waals surface area contributed by atoms with E-state index in [4.69, 9.17) is 20.9 Å². The summed E-state index contributed by atoms with van der Waals surface area (Å²) in [4.78, 5) is 4.30. The normalized spacial score (nSPS) is 14.3. The molecular formula is C13H15ClN2O3. The smallest absolute Gasteiger partial charge is 0.259 e. The van der Waals surface area contributed by atoms with Crippen molar-refractivity contribution in [1.29, 1.82) is 0 Å². The molecule has 5 nitrogen and oxygen atoms in total. The Morgan fingerprint density at radius 2 is 2.21 bits per heavy atom. The zero-order valence-corrected chi connectivity index (χ0v) is 11.7. The maximum Gasteiger partial charge on any atom is 0.259 e. The lowest BCUT2D eigenvalue weighted by Gasteiger charge is -2.21. The highest BCUT2D eigenvalue weighted by molar-refractivity contribution is 6.33. The van der Waals surface area contributed by atoms with Crippen molar-refractivity contribution in [2.75, 3.05) is 7.11 Å². The van der Waals surface area contributed by atoms with Crippen LogP contribution in [0.2, 0.25) is 5.02 Å². The van der Waals surface area contributed by atoms with Crippen LogP contribution >= 0.6 is 11.6 Å². The van der Waals surface area contributed by atoms with Crippen molar-refractivity contribution in [1.82, 2.24) is 10.1 Å². The van der Waals surface area contributed by atoms with Crippen molar-refractivity contribution in [3.05, 3.63) is 29.0 Å². The van der Waals surface area contributed by atoms with Gasteiger partial charge in [0.15, 0.2) is 0 Å². The number of halogens is 1. The lowest BCUT2D eigenvalue weighted by molar-refractivity contribution is -0.0106. The fourth-order valence-corrected chi connectivity index (χ4v) is 1.82. The first-order valence-electron chi connectivity index (χ1n) is 5.88. The molecule has 0 saturated carbocycles. The average Bonchev–Trinajstić information content (AvgIpc) is 2.90. The van der Waals surface area contributed by atoms with E-state index >= 15 is 0 Å². The quantitative estimate of drug-likeness (QED) is 0.931. The van der Waals surface area contributed by atoms with E-state index < -0.39 is 5.60 Å². The third kappa shape index (κ3) is 2.57. The first-order chi connectivity index (χ1) is 9.00. The van der Waals surface area contributed by atoms with E-state index in [1.54, 1.807) is 13.2 Å². The molecule has 1 aromatic carbocycles. The maximum atomic E-state index is 9.48. The average molecular weight is 283 g/mol. The third-order valence-corrected chi connectivity index (χ3v) is 3.53. The second-order valence-electron chi connectivity index (χ2n) is 4.38. The Morgan fingerprint density at radius 3 is 2.84 bits per heavy atom. The third-order valence-electron chi connectivity index (χ3n) is 3.20. The SMILES string of the molecule is CCC(C)(OC)c1noc(-c2cc(O)ccc2Cl)n1. The zero-order valence-electron chi connectivity index (χ0n) is 11.0. The molecule has 1 atom stereocenters. The Kier molecular flexibility index (Phi) is 3.78. The number of aromatic hydroxyl groups is 1. The van der Waals surface area contributed by atoms with E-state index in [2.05, 4.69) is 10.1 Å². The predicted molar refractivity (Wildman–Crippen MR) is 71.1 cm³/mol. The van der Waals surface area contributed by atoms with Crippen molar-refractivity contribution < 1.29 is 14.4 Å².